The summed E-state index contributed by atoms with van der Waals surface area (Å²) in [7, 11) is 1.71. The Kier molecular flexibility index (Phi) is 2.90. The quantitative estimate of drug-likeness (QED) is 0.863. The second-order valence-electron chi connectivity index (χ2n) is 7.04. The zero-order valence-electron chi connectivity index (χ0n) is 12.5. The summed E-state index contributed by atoms with van der Waals surface area (Å²) < 4.78 is 5.33. The van der Waals surface area contributed by atoms with Crippen molar-refractivity contribution in [1.82, 2.24) is 0 Å². The molecule has 21 heavy (non-hydrogen) atoms. The van der Waals surface area contributed by atoms with Crippen LogP contribution in [-0.2, 0) is 11.2 Å². The smallest absolute Gasteiger partial charge is 0.136 e. The molecule has 1 N–H and O–H groups in total. The first-order chi connectivity index (χ1) is 10.1. The molecule has 4 atom stereocenters. The highest BCUT2D eigenvalue weighted by atomic mass is 16.5. The number of aliphatic hydroxyl groups is 1. The van der Waals surface area contributed by atoms with Gasteiger partial charge in [0.1, 0.15) is 11.5 Å². The highest BCUT2D eigenvalue weighted by Gasteiger charge is 2.54. The van der Waals surface area contributed by atoms with Gasteiger partial charge in [-0.2, -0.15) is 0 Å². The molecule has 1 aromatic rings. The summed E-state index contributed by atoms with van der Waals surface area (Å²) in [5.74, 6) is 2.34. The Morgan fingerprint density at radius 2 is 2.19 bits per heavy atom. The molecule has 3 heteroatoms. The van der Waals surface area contributed by atoms with E-state index in [0.717, 1.165) is 31.4 Å². The number of rotatable bonds is 1. The highest BCUT2D eigenvalue weighted by Crippen LogP contribution is 2.56. The summed E-state index contributed by atoms with van der Waals surface area (Å²) in [6, 6.07) is 6.40. The predicted molar refractivity (Wildman–Crippen MR) is 79.5 cm³/mol. The van der Waals surface area contributed by atoms with Crippen LogP contribution in [0.2, 0.25) is 0 Å². The number of aryl methyl sites for hydroxylation is 1. The van der Waals surface area contributed by atoms with E-state index in [-0.39, 0.29) is 11.7 Å². The summed E-state index contributed by atoms with van der Waals surface area (Å²) in [5, 5.41) is 10.8. The van der Waals surface area contributed by atoms with Gasteiger partial charge in [-0.3, -0.25) is 4.79 Å². The molecule has 0 amide bonds. The first kappa shape index (κ1) is 13.3. The molecule has 3 aliphatic carbocycles. The van der Waals surface area contributed by atoms with E-state index >= 15 is 0 Å². The van der Waals surface area contributed by atoms with Gasteiger partial charge in [-0.15, -0.1) is 0 Å². The molecule has 0 spiro atoms. The van der Waals surface area contributed by atoms with Crippen molar-refractivity contribution >= 4 is 5.78 Å². The summed E-state index contributed by atoms with van der Waals surface area (Å²) in [6.45, 7) is 0. The molecule has 3 nitrogen and oxygen atoms in total. The third kappa shape index (κ3) is 1.94. The van der Waals surface area contributed by atoms with Crippen molar-refractivity contribution in [1.29, 1.82) is 0 Å². The molecule has 1 aromatic carbocycles. The van der Waals surface area contributed by atoms with E-state index in [0.29, 0.717) is 24.7 Å². The van der Waals surface area contributed by atoms with Crippen LogP contribution in [0, 0.1) is 11.8 Å². The van der Waals surface area contributed by atoms with Gasteiger partial charge in [0.25, 0.3) is 0 Å². The third-order valence-corrected chi connectivity index (χ3v) is 6.06. The van der Waals surface area contributed by atoms with Crippen molar-refractivity contribution in [2.24, 2.45) is 11.8 Å². The largest absolute Gasteiger partial charge is 0.497 e. The van der Waals surface area contributed by atoms with Gasteiger partial charge < -0.3 is 9.84 Å². The molecule has 2 saturated carbocycles. The van der Waals surface area contributed by atoms with E-state index in [1.165, 1.54) is 11.1 Å². The molecular formula is C18H22O3. The van der Waals surface area contributed by atoms with Crippen LogP contribution in [0.3, 0.4) is 0 Å². The van der Waals surface area contributed by atoms with E-state index < -0.39 is 5.60 Å². The number of hydrogen-bond donors (Lipinski definition) is 1. The lowest BCUT2D eigenvalue weighted by atomic mass is 9.59. The van der Waals surface area contributed by atoms with Crippen LogP contribution in [-0.4, -0.2) is 23.6 Å². The van der Waals surface area contributed by atoms with Gasteiger partial charge >= 0.3 is 0 Å². The van der Waals surface area contributed by atoms with Gasteiger partial charge in [0.05, 0.1) is 12.7 Å². The second kappa shape index (κ2) is 4.57. The summed E-state index contributed by atoms with van der Waals surface area (Å²) in [6.07, 6.45) is 4.87. The van der Waals surface area contributed by atoms with E-state index in [4.69, 9.17) is 4.74 Å². The zero-order chi connectivity index (χ0) is 14.6. The lowest BCUT2D eigenvalue weighted by Crippen LogP contribution is -2.45. The predicted octanol–water partition coefficient (Wildman–Crippen LogP) is 2.85. The molecule has 3 aliphatic rings. The normalized spacial score (nSPS) is 37.6. The van der Waals surface area contributed by atoms with Gasteiger partial charge in [-0.25, -0.2) is 0 Å². The standard InChI is InChI=1S/C18H22O3/c1-21-13-3-5-14-11(8-13)2-4-16-15(14)6-7-18(20)10-12(19)9-17(16)18/h3,5,8,15-17,20H,2,4,6-7,9-10H2,1H3/t15-,16-,17+,18?/m1/s1. The van der Waals surface area contributed by atoms with Gasteiger partial charge in [0.15, 0.2) is 0 Å². The first-order valence-electron chi connectivity index (χ1n) is 8.01. The lowest BCUT2D eigenvalue weighted by Gasteiger charge is -2.47. The minimum atomic E-state index is -0.706. The van der Waals surface area contributed by atoms with Crippen molar-refractivity contribution in [2.75, 3.05) is 7.11 Å². The summed E-state index contributed by atoms with van der Waals surface area (Å²) >= 11 is 0. The van der Waals surface area contributed by atoms with Crippen molar-refractivity contribution in [3.05, 3.63) is 29.3 Å². The van der Waals surface area contributed by atoms with Crippen LogP contribution in [0.15, 0.2) is 18.2 Å². The Hall–Kier alpha value is -1.35. The van der Waals surface area contributed by atoms with Crippen LogP contribution in [0.25, 0.3) is 0 Å². The average molecular weight is 286 g/mol. The maximum atomic E-state index is 11.8. The zero-order valence-corrected chi connectivity index (χ0v) is 12.5. The average Bonchev–Trinajstić information content (AvgIpc) is 2.80. The second-order valence-corrected chi connectivity index (χ2v) is 7.04. The Balaban J connectivity index is 1.69. The maximum Gasteiger partial charge on any atom is 0.136 e. The van der Waals surface area contributed by atoms with E-state index in [9.17, 15) is 9.90 Å². The van der Waals surface area contributed by atoms with Gasteiger partial charge in [0.2, 0.25) is 0 Å². The highest BCUT2D eigenvalue weighted by molar-refractivity contribution is 5.82. The van der Waals surface area contributed by atoms with E-state index in [1.54, 1.807) is 7.11 Å². The molecule has 0 aliphatic heterocycles. The monoisotopic (exact) mass is 286 g/mol. The van der Waals surface area contributed by atoms with Crippen LogP contribution in [0.4, 0.5) is 0 Å². The number of carbonyl (C=O) groups is 1. The fourth-order valence-electron chi connectivity index (χ4n) is 5.10. The molecule has 1 unspecified atom stereocenters. The lowest BCUT2D eigenvalue weighted by molar-refractivity contribution is -0.119. The van der Waals surface area contributed by atoms with Crippen molar-refractivity contribution in [3.8, 4) is 5.75 Å². The van der Waals surface area contributed by atoms with Gasteiger partial charge in [-0.05, 0) is 66.7 Å². The number of benzene rings is 1. The molecule has 0 aromatic heterocycles. The van der Waals surface area contributed by atoms with E-state index in [2.05, 4.69) is 12.1 Å². The number of methoxy groups -OCH3 is 1. The number of carbonyl (C=O) groups excluding carboxylic acids is 1. The number of hydrogen-bond acceptors (Lipinski definition) is 3. The van der Waals surface area contributed by atoms with Crippen LogP contribution in [0.1, 0.15) is 49.1 Å². The third-order valence-electron chi connectivity index (χ3n) is 6.06. The van der Waals surface area contributed by atoms with Crippen molar-refractivity contribution < 1.29 is 14.6 Å². The van der Waals surface area contributed by atoms with Crippen LogP contribution in [0.5, 0.6) is 5.75 Å². The Morgan fingerprint density at radius 1 is 1.33 bits per heavy atom. The Labute approximate surface area is 125 Å². The number of ketones is 1. The molecule has 0 saturated heterocycles. The maximum absolute atomic E-state index is 11.8. The van der Waals surface area contributed by atoms with Crippen molar-refractivity contribution in [2.45, 2.75) is 50.0 Å². The fourth-order valence-corrected chi connectivity index (χ4v) is 5.10. The minimum Gasteiger partial charge on any atom is -0.497 e. The topological polar surface area (TPSA) is 46.5 Å². The minimum absolute atomic E-state index is 0.180. The molecule has 2 fully saturated rings. The molecule has 0 bridgehead atoms. The Bertz CT molecular complexity index is 594. The fraction of sp³-hybridized carbons (Fsp3) is 0.611. The molecule has 112 valence electrons. The SMILES string of the molecule is COc1ccc2c(c1)CC[C@@H]1[C@@H]2CCC2(O)CC(=O)C[C@@H]12. The van der Waals surface area contributed by atoms with Gasteiger partial charge in [0, 0.05) is 12.8 Å². The number of Topliss-reactive ketones (excluding diaryl/α,β-unsaturated/α-hetero) is 1. The number of ether oxygens (including phenoxy) is 1. The number of fused-ring (bicyclic) bond motifs is 5. The van der Waals surface area contributed by atoms with Gasteiger partial charge in [-0.1, -0.05) is 6.07 Å². The van der Waals surface area contributed by atoms with Crippen LogP contribution < -0.4 is 4.74 Å². The first-order valence-corrected chi connectivity index (χ1v) is 8.01. The van der Waals surface area contributed by atoms with Crippen LogP contribution >= 0.6 is 0 Å². The van der Waals surface area contributed by atoms with Crippen molar-refractivity contribution in [3.63, 3.8) is 0 Å². The van der Waals surface area contributed by atoms with E-state index in [1.807, 2.05) is 6.07 Å². The summed E-state index contributed by atoms with van der Waals surface area (Å²) in [4.78, 5) is 11.8. The molecular weight excluding hydrogens is 264 g/mol. The Morgan fingerprint density at radius 3 is 3.00 bits per heavy atom. The molecule has 0 heterocycles. The summed E-state index contributed by atoms with van der Waals surface area (Å²) in [5.41, 5.74) is 2.11. The molecule has 0 radical (unpaired) electrons. The molecule has 4 rings (SSSR count).